The number of amides is 1. The molecular weight excluding hydrogens is 448 g/mol. The molecule has 0 atom stereocenters. The summed E-state index contributed by atoms with van der Waals surface area (Å²) in [6.07, 6.45) is 0. The Morgan fingerprint density at radius 3 is 2.48 bits per heavy atom. The van der Waals surface area contributed by atoms with Crippen LogP contribution in [0.1, 0.15) is 10.4 Å². The first-order valence-corrected chi connectivity index (χ1v) is 9.78. The lowest BCUT2D eigenvalue weighted by molar-refractivity contribution is 0.0985. The lowest BCUT2D eigenvalue weighted by atomic mass is 10.2. The lowest BCUT2D eigenvalue weighted by Crippen LogP contribution is -2.36. The third-order valence-electron chi connectivity index (χ3n) is 3.76. The van der Waals surface area contributed by atoms with Crippen molar-refractivity contribution in [2.75, 3.05) is 32.1 Å². The van der Waals surface area contributed by atoms with E-state index in [1.54, 1.807) is 29.2 Å². The summed E-state index contributed by atoms with van der Waals surface area (Å²) in [5, 5.41) is 1.95. The molecule has 0 aliphatic heterocycles. The number of anilines is 1. The molecule has 3 rings (SSSR count). The van der Waals surface area contributed by atoms with Crippen molar-refractivity contribution in [2.24, 2.45) is 0 Å². The maximum Gasteiger partial charge on any atom is 0.261 e. The zero-order chi connectivity index (χ0) is 18.8. The predicted octanol–water partition coefficient (Wildman–Crippen LogP) is 5.89. The van der Waals surface area contributed by atoms with Gasteiger partial charge in [0.25, 0.3) is 5.91 Å². The van der Waals surface area contributed by atoms with Gasteiger partial charge in [0, 0.05) is 18.1 Å². The van der Waals surface area contributed by atoms with Gasteiger partial charge in [0.1, 0.15) is 5.52 Å². The normalized spacial score (nSPS) is 10.9. The molecule has 27 heavy (non-hydrogen) atoms. The highest BCUT2D eigenvalue weighted by Crippen LogP contribution is 2.34. The van der Waals surface area contributed by atoms with E-state index in [9.17, 15) is 4.79 Å². The van der Waals surface area contributed by atoms with E-state index in [0.29, 0.717) is 44.4 Å². The Morgan fingerprint density at radius 2 is 1.81 bits per heavy atom. The summed E-state index contributed by atoms with van der Waals surface area (Å²) < 4.78 is 0.923. The second-order valence-corrected chi connectivity index (χ2v) is 8.23. The van der Waals surface area contributed by atoms with Gasteiger partial charge in [-0.3, -0.25) is 9.69 Å². The van der Waals surface area contributed by atoms with Gasteiger partial charge in [0.15, 0.2) is 5.13 Å². The molecule has 0 N–H and O–H groups in total. The van der Waals surface area contributed by atoms with E-state index in [1.165, 1.54) is 11.3 Å². The fraction of sp³-hybridized carbons (Fsp3) is 0.222. The summed E-state index contributed by atoms with van der Waals surface area (Å²) in [7, 11) is 3.90. The van der Waals surface area contributed by atoms with Crippen molar-refractivity contribution in [2.45, 2.75) is 0 Å². The zero-order valence-electron chi connectivity index (χ0n) is 14.6. The first-order chi connectivity index (χ1) is 12.4. The topological polar surface area (TPSA) is 36.4 Å². The van der Waals surface area contributed by atoms with Crippen LogP contribution in [0.3, 0.4) is 0 Å². The number of aromatic nitrogens is 1. The minimum atomic E-state index is -0.241. The molecule has 0 radical (unpaired) electrons. The standard InChI is InChI=1S/C18H16Cl3N3OS.ClH/c1-23(2)8-9-24(17(25)12-10-11(19)6-7-13(12)20)18-22-16-14(21)4-3-5-15(16)26-18;/h3-7,10H,8-9H2,1-2H3;1H. The molecule has 0 aliphatic rings. The summed E-state index contributed by atoms with van der Waals surface area (Å²) in [6, 6.07) is 10.4. The van der Waals surface area contributed by atoms with Gasteiger partial charge in [-0.2, -0.15) is 0 Å². The van der Waals surface area contributed by atoms with Crippen LogP contribution in [0.2, 0.25) is 15.1 Å². The van der Waals surface area contributed by atoms with Crippen LogP contribution in [-0.2, 0) is 0 Å². The van der Waals surface area contributed by atoms with E-state index in [1.807, 2.05) is 31.1 Å². The summed E-state index contributed by atoms with van der Waals surface area (Å²) in [5.41, 5.74) is 1.04. The summed E-state index contributed by atoms with van der Waals surface area (Å²) in [4.78, 5) is 21.4. The Labute approximate surface area is 183 Å². The number of fused-ring (bicyclic) bond motifs is 1. The van der Waals surface area contributed by atoms with E-state index >= 15 is 0 Å². The van der Waals surface area contributed by atoms with Gasteiger partial charge < -0.3 is 4.90 Å². The van der Waals surface area contributed by atoms with E-state index in [0.717, 1.165) is 4.70 Å². The predicted molar refractivity (Wildman–Crippen MR) is 119 cm³/mol. The smallest absolute Gasteiger partial charge is 0.261 e. The minimum Gasteiger partial charge on any atom is -0.308 e. The maximum atomic E-state index is 13.2. The number of hydrogen-bond donors (Lipinski definition) is 0. The highest BCUT2D eigenvalue weighted by molar-refractivity contribution is 7.22. The van der Waals surface area contributed by atoms with Crippen molar-refractivity contribution in [3.05, 3.63) is 57.0 Å². The van der Waals surface area contributed by atoms with Gasteiger partial charge in [-0.15, -0.1) is 12.4 Å². The van der Waals surface area contributed by atoms with Gasteiger partial charge >= 0.3 is 0 Å². The number of nitrogens with zero attached hydrogens (tertiary/aromatic N) is 3. The molecule has 0 fully saturated rings. The molecule has 2 aromatic carbocycles. The maximum absolute atomic E-state index is 13.2. The Bertz CT molecular complexity index is 961. The number of thiazole rings is 1. The molecule has 3 aromatic rings. The fourth-order valence-corrected chi connectivity index (χ4v) is 4.07. The minimum absolute atomic E-state index is 0. The molecule has 9 heteroatoms. The average molecular weight is 465 g/mol. The van der Waals surface area contributed by atoms with Crippen molar-refractivity contribution in [1.82, 2.24) is 9.88 Å². The largest absolute Gasteiger partial charge is 0.308 e. The first-order valence-electron chi connectivity index (χ1n) is 7.83. The van der Waals surface area contributed by atoms with Gasteiger partial charge in [-0.1, -0.05) is 52.2 Å². The molecule has 4 nitrogen and oxygen atoms in total. The summed E-state index contributed by atoms with van der Waals surface area (Å²) >= 11 is 19.9. The highest BCUT2D eigenvalue weighted by Gasteiger charge is 2.24. The van der Waals surface area contributed by atoms with Gasteiger partial charge in [0.2, 0.25) is 0 Å². The number of carbonyl (C=O) groups is 1. The van der Waals surface area contributed by atoms with E-state index in [4.69, 9.17) is 34.8 Å². The van der Waals surface area contributed by atoms with Gasteiger partial charge in [-0.25, -0.2) is 4.98 Å². The zero-order valence-corrected chi connectivity index (χ0v) is 18.5. The Hall–Kier alpha value is -1.08. The number of carbonyl (C=O) groups excluding carboxylic acids is 1. The number of para-hydroxylation sites is 1. The van der Waals surface area contributed by atoms with Crippen molar-refractivity contribution >= 4 is 79.8 Å². The van der Waals surface area contributed by atoms with Crippen LogP contribution in [-0.4, -0.2) is 43.0 Å². The summed E-state index contributed by atoms with van der Waals surface area (Å²) in [6.45, 7) is 1.14. The van der Waals surface area contributed by atoms with Crippen molar-refractivity contribution < 1.29 is 4.79 Å². The van der Waals surface area contributed by atoms with Crippen LogP contribution in [0, 0.1) is 0 Å². The highest BCUT2D eigenvalue weighted by atomic mass is 35.5. The van der Waals surface area contributed by atoms with Crippen LogP contribution >= 0.6 is 58.5 Å². The lowest BCUT2D eigenvalue weighted by Gasteiger charge is -2.22. The van der Waals surface area contributed by atoms with Crippen molar-refractivity contribution in [3.63, 3.8) is 0 Å². The Morgan fingerprint density at radius 1 is 1.07 bits per heavy atom. The molecule has 0 bridgehead atoms. The SMILES string of the molecule is CN(C)CCN(C(=O)c1cc(Cl)ccc1Cl)c1nc2c(Cl)cccc2s1.Cl. The average Bonchev–Trinajstić information content (AvgIpc) is 3.02. The van der Waals surface area contributed by atoms with E-state index in [-0.39, 0.29) is 18.3 Å². The van der Waals surface area contributed by atoms with Crippen LogP contribution in [0.4, 0.5) is 5.13 Å². The van der Waals surface area contributed by atoms with Gasteiger partial charge in [-0.05, 0) is 44.4 Å². The second-order valence-electron chi connectivity index (χ2n) is 5.97. The first kappa shape index (κ1) is 22.2. The van der Waals surface area contributed by atoms with Crippen LogP contribution < -0.4 is 4.90 Å². The number of rotatable bonds is 5. The van der Waals surface area contributed by atoms with Crippen LogP contribution in [0.25, 0.3) is 10.2 Å². The fourth-order valence-electron chi connectivity index (χ4n) is 2.41. The van der Waals surface area contributed by atoms with Crippen LogP contribution in [0.15, 0.2) is 36.4 Å². The monoisotopic (exact) mass is 463 g/mol. The van der Waals surface area contributed by atoms with E-state index < -0.39 is 0 Å². The Kier molecular flexibility index (Phi) is 7.74. The molecule has 1 aromatic heterocycles. The third kappa shape index (κ3) is 5.05. The molecule has 0 spiro atoms. The molecule has 0 saturated heterocycles. The molecule has 0 aliphatic carbocycles. The molecule has 1 amide bonds. The Balaban J connectivity index is 0.00000261. The molecule has 0 saturated carbocycles. The molecule has 1 heterocycles. The molecule has 0 unspecified atom stereocenters. The molecule has 144 valence electrons. The van der Waals surface area contributed by atoms with Crippen molar-refractivity contribution in [3.8, 4) is 0 Å². The second kappa shape index (κ2) is 9.41. The van der Waals surface area contributed by atoms with E-state index in [2.05, 4.69) is 4.98 Å². The number of benzene rings is 2. The number of halogens is 4. The third-order valence-corrected chi connectivity index (χ3v) is 5.68. The number of hydrogen-bond acceptors (Lipinski definition) is 4. The van der Waals surface area contributed by atoms with Gasteiger partial charge in [0.05, 0.1) is 20.3 Å². The summed E-state index contributed by atoms with van der Waals surface area (Å²) in [5.74, 6) is -0.241. The quantitative estimate of drug-likeness (QED) is 0.472. The van der Waals surface area contributed by atoms with Crippen LogP contribution in [0.5, 0.6) is 0 Å². The number of likely N-dealkylation sites (N-methyl/N-ethyl adjacent to an activating group) is 1. The molecular formula is C18H17Cl4N3OS. The van der Waals surface area contributed by atoms with Crippen molar-refractivity contribution in [1.29, 1.82) is 0 Å².